The molecule has 120 valence electrons. The van der Waals surface area contributed by atoms with Gasteiger partial charge in [0.25, 0.3) is 5.91 Å². The molecule has 4 nitrogen and oxygen atoms in total. The van der Waals surface area contributed by atoms with Crippen LogP contribution in [0.15, 0.2) is 23.1 Å². The zero-order valence-electron chi connectivity index (χ0n) is 12.8. The Morgan fingerprint density at radius 1 is 1.45 bits per heavy atom. The monoisotopic (exact) mass is 341 g/mol. The molecular formula is C16H20ClNO3S. The molecule has 1 amide bonds. The van der Waals surface area contributed by atoms with Crippen molar-refractivity contribution in [2.24, 2.45) is 5.92 Å². The Balaban J connectivity index is 1.93. The molecule has 2 rings (SSSR count). The number of amides is 1. The first-order chi connectivity index (χ1) is 10.5. The number of piperidine rings is 1. The summed E-state index contributed by atoms with van der Waals surface area (Å²) in [6.45, 7) is 3.37. The minimum absolute atomic E-state index is 0.142. The number of esters is 1. The number of rotatable bonds is 4. The molecule has 0 N–H and O–H groups in total. The highest BCUT2D eigenvalue weighted by Gasteiger charge is 2.22. The quantitative estimate of drug-likeness (QED) is 0.621. The second kappa shape index (κ2) is 7.88. The van der Waals surface area contributed by atoms with Crippen molar-refractivity contribution in [3.8, 4) is 0 Å². The molecule has 0 aromatic heterocycles. The van der Waals surface area contributed by atoms with Gasteiger partial charge in [-0.05, 0) is 43.2 Å². The number of ether oxygens (including phenoxy) is 1. The third-order valence-corrected chi connectivity index (χ3v) is 4.78. The summed E-state index contributed by atoms with van der Waals surface area (Å²) in [5, 5.41) is 0.335. The molecule has 22 heavy (non-hydrogen) atoms. The number of benzene rings is 1. The molecule has 1 aliphatic rings. The highest BCUT2D eigenvalue weighted by Crippen LogP contribution is 2.23. The summed E-state index contributed by atoms with van der Waals surface area (Å²) in [7, 11) is 0. The topological polar surface area (TPSA) is 46.6 Å². The highest BCUT2D eigenvalue weighted by atomic mass is 35.5. The van der Waals surface area contributed by atoms with E-state index in [0.29, 0.717) is 16.5 Å². The van der Waals surface area contributed by atoms with Gasteiger partial charge in [-0.1, -0.05) is 18.5 Å². The predicted octanol–water partition coefficient (Wildman–Crippen LogP) is 3.48. The Morgan fingerprint density at radius 2 is 2.23 bits per heavy atom. The summed E-state index contributed by atoms with van der Waals surface area (Å²) in [5.41, 5.74) is 0.299. The Hall–Kier alpha value is -1.20. The molecular weight excluding hydrogens is 322 g/mol. The number of likely N-dealkylation sites (tertiary alicyclic amines) is 1. The van der Waals surface area contributed by atoms with Crippen molar-refractivity contribution < 1.29 is 14.3 Å². The van der Waals surface area contributed by atoms with E-state index < -0.39 is 5.97 Å². The van der Waals surface area contributed by atoms with Gasteiger partial charge in [-0.25, -0.2) is 4.79 Å². The Labute approximate surface area is 140 Å². The molecule has 1 aliphatic heterocycles. The van der Waals surface area contributed by atoms with Crippen LogP contribution in [0.4, 0.5) is 0 Å². The van der Waals surface area contributed by atoms with Crippen molar-refractivity contribution in [2.75, 3.05) is 26.0 Å². The lowest BCUT2D eigenvalue weighted by Crippen LogP contribution is -2.41. The molecule has 1 saturated heterocycles. The van der Waals surface area contributed by atoms with E-state index >= 15 is 0 Å². The van der Waals surface area contributed by atoms with Gasteiger partial charge in [-0.2, -0.15) is 0 Å². The van der Waals surface area contributed by atoms with Crippen molar-refractivity contribution in [1.29, 1.82) is 0 Å². The van der Waals surface area contributed by atoms with Crippen LogP contribution in [0, 0.1) is 5.92 Å². The van der Waals surface area contributed by atoms with Crippen molar-refractivity contribution in [3.63, 3.8) is 0 Å². The van der Waals surface area contributed by atoms with E-state index in [1.165, 1.54) is 11.8 Å². The summed E-state index contributed by atoms with van der Waals surface area (Å²) < 4.78 is 5.13. The van der Waals surface area contributed by atoms with Gasteiger partial charge in [0.2, 0.25) is 0 Å². The molecule has 6 heteroatoms. The third-order valence-electron chi connectivity index (χ3n) is 3.73. The van der Waals surface area contributed by atoms with E-state index in [0.717, 1.165) is 30.8 Å². The van der Waals surface area contributed by atoms with E-state index in [9.17, 15) is 9.59 Å². The van der Waals surface area contributed by atoms with Gasteiger partial charge >= 0.3 is 5.97 Å². The van der Waals surface area contributed by atoms with Crippen LogP contribution >= 0.6 is 23.4 Å². The summed E-state index contributed by atoms with van der Waals surface area (Å²) in [5.74, 6) is -0.197. The molecule has 1 aromatic carbocycles. The number of hydrogen-bond donors (Lipinski definition) is 0. The lowest BCUT2D eigenvalue weighted by Gasteiger charge is -2.30. The first-order valence-corrected chi connectivity index (χ1v) is 8.90. The van der Waals surface area contributed by atoms with E-state index in [4.69, 9.17) is 16.3 Å². The molecule has 0 unspecified atom stereocenters. The lowest BCUT2D eigenvalue weighted by atomic mass is 10.0. The lowest BCUT2D eigenvalue weighted by molar-refractivity contribution is -0.136. The van der Waals surface area contributed by atoms with Crippen LogP contribution in [-0.4, -0.2) is 42.7 Å². The van der Waals surface area contributed by atoms with Crippen LogP contribution < -0.4 is 0 Å². The fourth-order valence-corrected chi connectivity index (χ4v) is 3.13. The third kappa shape index (κ3) is 4.40. The molecule has 1 fully saturated rings. The van der Waals surface area contributed by atoms with E-state index in [2.05, 4.69) is 6.92 Å². The number of halogens is 1. The average molecular weight is 342 g/mol. The summed E-state index contributed by atoms with van der Waals surface area (Å²) in [4.78, 5) is 26.9. The number of carbonyl (C=O) groups excluding carboxylic acids is 2. The fourth-order valence-electron chi connectivity index (χ4n) is 2.50. The van der Waals surface area contributed by atoms with Crippen LogP contribution in [0.3, 0.4) is 0 Å². The number of nitrogens with zero attached hydrogens (tertiary/aromatic N) is 1. The Bertz CT molecular complexity index is 564. The van der Waals surface area contributed by atoms with Gasteiger partial charge in [0.1, 0.15) is 0 Å². The number of hydrogen-bond acceptors (Lipinski definition) is 4. The number of thioether (sulfide) groups is 1. The van der Waals surface area contributed by atoms with E-state index in [-0.39, 0.29) is 12.5 Å². The molecule has 0 saturated carbocycles. The molecule has 0 radical (unpaired) electrons. The molecule has 0 bridgehead atoms. The SMILES string of the molecule is CSc1ccc(Cl)c(C(=O)OCC(=O)N2CCC[C@H](C)C2)c1. The Kier molecular flexibility index (Phi) is 6.15. The van der Waals surface area contributed by atoms with E-state index in [1.807, 2.05) is 12.3 Å². The minimum Gasteiger partial charge on any atom is -0.452 e. The molecule has 1 aromatic rings. The van der Waals surface area contributed by atoms with Crippen molar-refractivity contribution in [3.05, 3.63) is 28.8 Å². The molecule has 0 aliphatic carbocycles. The van der Waals surface area contributed by atoms with Gasteiger partial charge in [-0.3, -0.25) is 4.79 Å². The standard InChI is InChI=1S/C16H20ClNO3S/c1-11-4-3-7-18(9-11)15(19)10-21-16(20)13-8-12(22-2)5-6-14(13)17/h5-6,8,11H,3-4,7,9-10H2,1-2H3/t11-/m0/s1. The average Bonchev–Trinajstić information content (AvgIpc) is 2.52. The number of carbonyl (C=O) groups is 2. The molecule has 1 atom stereocenters. The second-order valence-corrected chi connectivity index (χ2v) is 6.80. The van der Waals surface area contributed by atoms with E-state index in [1.54, 1.807) is 17.0 Å². The zero-order chi connectivity index (χ0) is 16.1. The zero-order valence-corrected chi connectivity index (χ0v) is 14.4. The van der Waals surface area contributed by atoms with Crippen LogP contribution in [0.2, 0.25) is 5.02 Å². The maximum Gasteiger partial charge on any atom is 0.340 e. The maximum atomic E-state index is 12.1. The van der Waals surface area contributed by atoms with Crippen LogP contribution in [0.5, 0.6) is 0 Å². The van der Waals surface area contributed by atoms with Crippen LogP contribution in [0.1, 0.15) is 30.1 Å². The smallest absolute Gasteiger partial charge is 0.340 e. The molecule has 0 spiro atoms. The summed E-state index contributed by atoms with van der Waals surface area (Å²) >= 11 is 7.54. The summed E-state index contributed by atoms with van der Waals surface area (Å²) in [6.07, 6.45) is 4.06. The van der Waals surface area contributed by atoms with Gasteiger partial charge < -0.3 is 9.64 Å². The van der Waals surface area contributed by atoms with Crippen LogP contribution in [0.25, 0.3) is 0 Å². The first-order valence-electron chi connectivity index (χ1n) is 7.29. The van der Waals surface area contributed by atoms with Crippen LogP contribution in [-0.2, 0) is 9.53 Å². The maximum absolute atomic E-state index is 12.1. The summed E-state index contributed by atoms with van der Waals surface area (Å²) in [6, 6.07) is 5.19. The van der Waals surface area contributed by atoms with Gasteiger partial charge in [0, 0.05) is 18.0 Å². The largest absolute Gasteiger partial charge is 0.452 e. The van der Waals surface area contributed by atoms with Gasteiger partial charge in [0.15, 0.2) is 6.61 Å². The van der Waals surface area contributed by atoms with Crippen molar-refractivity contribution in [1.82, 2.24) is 4.90 Å². The predicted molar refractivity (Wildman–Crippen MR) is 88.5 cm³/mol. The van der Waals surface area contributed by atoms with Gasteiger partial charge in [0.05, 0.1) is 10.6 Å². The van der Waals surface area contributed by atoms with Gasteiger partial charge in [-0.15, -0.1) is 11.8 Å². The van der Waals surface area contributed by atoms with Crippen molar-refractivity contribution in [2.45, 2.75) is 24.7 Å². The normalized spacial score (nSPS) is 18.1. The fraction of sp³-hybridized carbons (Fsp3) is 0.500. The Morgan fingerprint density at radius 3 is 2.91 bits per heavy atom. The minimum atomic E-state index is -0.556. The first kappa shape index (κ1) is 17.2. The molecule has 1 heterocycles. The highest BCUT2D eigenvalue weighted by molar-refractivity contribution is 7.98. The van der Waals surface area contributed by atoms with Crippen molar-refractivity contribution >= 4 is 35.2 Å². The second-order valence-electron chi connectivity index (χ2n) is 5.51.